The topological polar surface area (TPSA) is 103 Å². The lowest BCUT2D eigenvalue weighted by Crippen LogP contribution is -2.49. The summed E-state index contributed by atoms with van der Waals surface area (Å²) in [5.74, 6) is 1.68. The average molecular weight is 583 g/mol. The van der Waals surface area contributed by atoms with Crippen LogP contribution in [0.5, 0.6) is 0 Å². The van der Waals surface area contributed by atoms with Crippen molar-refractivity contribution in [3.8, 4) is 0 Å². The maximum Gasteiger partial charge on any atom is 0.158 e. The third-order valence-corrected chi connectivity index (χ3v) is 11.3. The van der Waals surface area contributed by atoms with Crippen molar-refractivity contribution in [2.75, 3.05) is 23.7 Å². The number of anilines is 2. The van der Waals surface area contributed by atoms with E-state index in [9.17, 15) is 4.55 Å². The van der Waals surface area contributed by atoms with Crippen LogP contribution in [-0.2, 0) is 17.8 Å². The second-order valence-electron chi connectivity index (χ2n) is 12.0. The quantitative estimate of drug-likeness (QED) is 0.337. The molecule has 7 nitrogen and oxygen atoms in total. The number of nitrogens with two attached hydrogens (primary N) is 1. The molecule has 0 bridgehead atoms. The molecule has 2 aliphatic carbocycles. The molecule has 3 aliphatic rings. The number of hydrogen-bond acceptors (Lipinski definition) is 8. The number of pyridine rings is 1. The van der Waals surface area contributed by atoms with Gasteiger partial charge < -0.3 is 15.2 Å². The highest BCUT2D eigenvalue weighted by atomic mass is 35.5. The van der Waals surface area contributed by atoms with Crippen molar-refractivity contribution in [1.82, 2.24) is 19.7 Å². The molecule has 3 heterocycles. The predicted octanol–water partition coefficient (Wildman–Crippen LogP) is 6.07. The molecule has 39 heavy (non-hydrogen) atoms. The van der Waals surface area contributed by atoms with Crippen LogP contribution in [0.4, 0.5) is 11.6 Å². The number of halogens is 1. The third kappa shape index (κ3) is 5.36. The Bertz CT molecular complexity index is 1370. The van der Waals surface area contributed by atoms with Crippen molar-refractivity contribution in [2.45, 2.75) is 79.5 Å². The summed E-state index contributed by atoms with van der Waals surface area (Å²) >= 11 is 6.95. The van der Waals surface area contributed by atoms with Crippen molar-refractivity contribution >= 4 is 46.4 Å². The van der Waals surface area contributed by atoms with Gasteiger partial charge in [-0.2, -0.15) is 0 Å². The lowest BCUT2D eigenvalue weighted by Gasteiger charge is -2.44. The Balaban J connectivity index is 1.17. The van der Waals surface area contributed by atoms with Gasteiger partial charge >= 0.3 is 0 Å². The minimum Gasteiger partial charge on any atom is -0.598 e. The van der Waals surface area contributed by atoms with Crippen molar-refractivity contribution in [3.05, 3.63) is 64.6 Å². The first kappa shape index (κ1) is 27.1. The zero-order valence-corrected chi connectivity index (χ0v) is 25.0. The second kappa shape index (κ2) is 10.4. The maximum absolute atomic E-state index is 13.2. The Labute approximate surface area is 243 Å². The number of nitrogens with zero attached hydrogens (tertiary/aromatic N) is 4. The van der Waals surface area contributed by atoms with E-state index in [4.69, 9.17) is 22.3 Å². The summed E-state index contributed by atoms with van der Waals surface area (Å²) in [5, 5.41) is 1.35. The van der Waals surface area contributed by atoms with Crippen LogP contribution in [0.25, 0.3) is 0 Å². The fraction of sp³-hybridized carbons (Fsp3) is 0.483. The molecule has 0 radical (unpaired) electrons. The highest BCUT2D eigenvalue weighted by Gasteiger charge is 2.50. The second-order valence-corrected chi connectivity index (χ2v) is 15.4. The van der Waals surface area contributed by atoms with Crippen molar-refractivity contribution in [1.29, 1.82) is 0 Å². The molecule has 3 aromatic rings. The smallest absolute Gasteiger partial charge is 0.158 e. The molecule has 1 aliphatic heterocycles. The minimum atomic E-state index is -1.15. The van der Waals surface area contributed by atoms with E-state index in [1.165, 1.54) is 22.9 Å². The number of hydrogen-bond donors (Lipinski definition) is 2. The zero-order chi connectivity index (χ0) is 27.4. The number of aromatic nitrogens is 3. The summed E-state index contributed by atoms with van der Waals surface area (Å²) in [7, 11) is 0. The Morgan fingerprint density at radius 2 is 1.90 bits per heavy atom. The predicted molar refractivity (Wildman–Crippen MR) is 160 cm³/mol. The van der Waals surface area contributed by atoms with E-state index in [1.54, 1.807) is 0 Å². The van der Waals surface area contributed by atoms with Gasteiger partial charge in [0.25, 0.3) is 0 Å². The molecule has 1 saturated carbocycles. The Morgan fingerprint density at radius 3 is 2.59 bits per heavy atom. The molecule has 1 spiro atoms. The first-order chi connectivity index (χ1) is 18.6. The van der Waals surface area contributed by atoms with E-state index >= 15 is 0 Å². The number of fused-ring (bicyclic) bond motifs is 1. The number of rotatable bonds is 6. The zero-order valence-electron chi connectivity index (χ0n) is 22.6. The van der Waals surface area contributed by atoms with Gasteiger partial charge in [0, 0.05) is 46.9 Å². The summed E-state index contributed by atoms with van der Waals surface area (Å²) in [6.07, 6.45) is 8.85. The van der Waals surface area contributed by atoms with Gasteiger partial charge in [0.05, 0.1) is 23.0 Å². The third-order valence-electron chi connectivity index (χ3n) is 8.19. The van der Waals surface area contributed by atoms with Crippen LogP contribution in [0, 0.1) is 5.41 Å². The van der Waals surface area contributed by atoms with Crippen LogP contribution in [0.1, 0.15) is 75.2 Å². The fourth-order valence-corrected chi connectivity index (χ4v) is 7.90. The summed E-state index contributed by atoms with van der Waals surface area (Å²) in [4.78, 5) is 17.1. The SMILES string of the molecule is CC(C)(C)[S+]([O-])N[C@@H]1c2ccccc2CC12CCN(c1cnc(Sc3ccnc(C4CC4)c3Cl)c(N)n1)CC2. The van der Waals surface area contributed by atoms with Gasteiger partial charge in [-0.15, -0.1) is 4.72 Å². The molecule has 2 fully saturated rings. The maximum atomic E-state index is 13.2. The summed E-state index contributed by atoms with van der Waals surface area (Å²) < 4.78 is 16.4. The lowest BCUT2D eigenvalue weighted by molar-refractivity contribution is 0.176. The standard InChI is InChI=1S/C29H35ClN6OS2/c1-28(2,3)39(37)35-25-20-7-5-4-6-19(20)16-29(25)11-14-36(15-12-29)22-17-33-27(26(31)34-22)38-21-10-13-32-24(23(21)30)18-8-9-18/h4-7,10,13,17-18,25,35H,8-9,11-12,14-16H2,1-3H3,(H2,31,34)/t25-,39?/m1/s1. The van der Waals surface area contributed by atoms with Crippen LogP contribution in [0.15, 0.2) is 52.6 Å². The normalized spacial score (nSPS) is 21.3. The molecular formula is C29H35ClN6OS2. The van der Waals surface area contributed by atoms with Gasteiger partial charge in [-0.25, -0.2) is 9.97 Å². The summed E-state index contributed by atoms with van der Waals surface area (Å²) in [6, 6.07) is 10.6. The van der Waals surface area contributed by atoms with Gasteiger partial charge in [-0.1, -0.05) is 47.6 Å². The molecule has 6 rings (SSSR count). The van der Waals surface area contributed by atoms with Crippen molar-refractivity contribution < 1.29 is 4.55 Å². The highest BCUT2D eigenvalue weighted by Crippen LogP contribution is 2.53. The van der Waals surface area contributed by atoms with E-state index in [-0.39, 0.29) is 16.2 Å². The summed E-state index contributed by atoms with van der Waals surface area (Å²) in [5.41, 5.74) is 10.0. The molecule has 2 atom stereocenters. The van der Waals surface area contributed by atoms with E-state index in [0.717, 1.165) is 61.6 Å². The van der Waals surface area contributed by atoms with Crippen LogP contribution in [0.2, 0.25) is 5.02 Å². The largest absolute Gasteiger partial charge is 0.598 e. The molecule has 0 amide bonds. The van der Waals surface area contributed by atoms with Crippen LogP contribution < -0.4 is 15.4 Å². The number of nitrogens with one attached hydrogen (secondary N) is 1. The molecule has 1 unspecified atom stereocenters. The monoisotopic (exact) mass is 582 g/mol. The highest BCUT2D eigenvalue weighted by molar-refractivity contribution is 7.99. The Hall–Kier alpha value is -2.04. The molecule has 1 saturated heterocycles. The van der Waals surface area contributed by atoms with Gasteiger partial charge in [-0.3, -0.25) is 4.98 Å². The number of benzene rings is 1. The van der Waals surface area contributed by atoms with E-state index in [0.29, 0.717) is 21.8 Å². The molecule has 10 heteroatoms. The first-order valence-corrected chi connectivity index (χ1v) is 15.9. The molecule has 3 N–H and O–H groups in total. The van der Waals surface area contributed by atoms with Crippen LogP contribution in [-0.4, -0.2) is 37.3 Å². The van der Waals surface area contributed by atoms with Crippen LogP contribution in [0.3, 0.4) is 0 Å². The number of nitrogen functional groups attached to an aromatic ring is 1. The molecular weight excluding hydrogens is 548 g/mol. The lowest BCUT2D eigenvalue weighted by atomic mass is 9.73. The van der Waals surface area contributed by atoms with Gasteiger partial charge in [0.1, 0.15) is 15.6 Å². The summed E-state index contributed by atoms with van der Waals surface area (Å²) in [6.45, 7) is 7.75. The number of piperidine rings is 1. The molecule has 206 valence electrons. The Morgan fingerprint density at radius 1 is 1.15 bits per heavy atom. The fourth-order valence-electron chi connectivity index (χ4n) is 5.79. The minimum absolute atomic E-state index is 0.0211. The van der Waals surface area contributed by atoms with Crippen molar-refractivity contribution in [2.24, 2.45) is 5.41 Å². The van der Waals surface area contributed by atoms with E-state index in [1.807, 2.05) is 39.2 Å². The van der Waals surface area contributed by atoms with Gasteiger partial charge in [0.2, 0.25) is 0 Å². The average Bonchev–Trinajstić information content (AvgIpc) is 3.71. The van der Waals surface area contributed by atoms with Crippen molar-refractivity contribution in [3.63, 3.8) is 0 Å². The van der Waals surface area contributed by atoms with Crippen LogP contribution >= 0.6 is 23.4 Å². The first-order valence-electron chi connectivity index (χ1n) is 13.6. The Kier molecular flexibility index (Phi) is 7.25. The molecule has 1 aromatic carbocycles. The van der Waals surface area contributed by atoms with E-state index in [2.05, 4.69) is 43.9 Å². The van der Waals surface area contributed by atoms with E-state index < -0.39 is 11.4 Å². The van der Waals surface area contributed by atoms with Gasteiger partial charge in [0.15, 0.2) is 5.82 Å². The molecule has 2 aromatic heterocycles. The van der Waals surface area contributed by atoms with Gasteiger partial charge in [-0.05, 0) is 70.1 Å².